The number of hydrogen-bond acceptors (Lipinski definition) is 5. The van der Waals surface area contributed by atoms with Gasteiger partial charge in [-0.2, -0.15) is 4.68 Å². The summed E-state index contributed by atoms with van der Waals surface area (Å²) >= 11 is 1.28. The molecule has 0 amide bonds. The molecule has 0 bridgehead atoms. The predicted molar refractivity (Wildman–Crippen MR) is 66.4 cm³/mol. The van der Waals surface area contributed by atoms with Gasteiger partial charge in [-0.25, -0.2) is 4.98 Å². The summed E-state index contributed by atoms with van der Waals surface area (Å²) in [6.45, 7) is 2.94. The van der Waals surface area contributed by atoms with E-state index in [0.29, 0.717) is 10.8 Å². The van der Waals surface area contributed by atoms with Crippen LogP contribution in [0, 0.1) is 6.92 Å². The van der Waals surface area contributed by atoms with Gasteiger partial charge < -0.3 is 0 Å². The monoisotopic (exact) mass is 265 g/mol. The van der Waals surface area contributed by atoms with Gasteiger partial charge in [0.1, 0.15) is 11.3 Å². The van der Waals surface area contributed by atoms with E-state index >= 15 is 0 Å². The second-order valence-electron chi connectivity index (χ2n) is 3.87. The summed E-state index contributed by atoms with van der Waals surface area (Å²) in [6, 6.07) is 0. The number of aryl methyl sites for hydroxylation is 1. The molecule has 0 radical (unpaired) electrons. The van der Waals surface area contributed by atoms with E-state index in [9.17, 15) is 14.4 Å². The lowest BCUT2D eigenvalue weighted by molar-refractivity contribution is -0.116. The second-order valence-corrected chi connectivity index (χ2v) is 4.74. The predicted octanol–water partition coefficient (Wildman–Crippen LogP) is 1.09. The third-order valence-electron chi connectivity index (χ3n) is 2.37. The zero-order chi connectivity index (χ0) is 13.3. The summed E-state index contributed by atoms with van der Waals surface area (Å²) < 4.78 is 1.22. The number of rotatable bonds is 4. The van der Waals surface area contributed by atoms with E-state index in [-0.39, 0.29) is 17.8 Å². The lowest BCUT2D eigenvalue weighted by Gasteiger charge is -1.93. The number of aromatic amines is 1. The Morgan fingerprint density at radius 2 is 2.22 bits per heavy atom. The highest BCUT2D eigenvalue weighted by molar-refractivity contribution is 7.12. The van der Waals surface area contributed by atoms with Gasteiger partial charge in [0, 0.05) is 17.3 Å². The average molecular weight is 265 g/mol. The number of Topliss-reactive ketones (excluding diaryl/α,β-unsaturated/α-hetero) is 2. The van der Waals surface area contributed by atoms with Gasteiger partial charge in [0.05, 0.1) is 6.42 Å². The number of nitrogens with one attached hydrogen (secondary N) is 1. The minimum atomic E-state index is -0.464. The molecule has 0 spiro atoms. The van der Waals surface area contributed by atoms with Gasteiger partial charge >= 0.3 is 0 Å². The van der Waals surface area contributed by atoms with E-state index in [1.807, 2.05) is 0 Å². The number of nitrogens with zero attached hydrogens (tertiary/aromatic N) is 2. The van der Waals surface area contributed by atoms with Gasteiger partial charge in [-0.15, -0.1) is 11.3 Å². The molecule has 2 aromatic heterocycles. The minimum Gasteiger partial charge on any atom is -0.300 e. The van der Waals surface area contributed by atoms with Crippen molar-refractivity contribution < 1.29 is 9.59 Å². The van der Waals surface area contributed by atoms with E-state index in [2.05, 4.69) is 10.1 Å². The minimum absolute atomic E-state index is 0.0281. The van der Waals surface area contributed by atoms with Crippen LogP contribution in [0.2, 0.25) is 0 Å². The molecule has 6 nitrogen and oxygen atoms in total. The smallest absolute Gasteiger partial charge is 0.284 e. The number of carbonyl (C=O) groups is 2. The van der Waals surface area contributed by atoms with E-state index in [4.69, 9.17) is 0 Å². The summed E-state index contributed by atoms with van der Waals surface area (Å²) in [5.74, 6) is -0.725. The molecule has 0 unspecified atom stereocenters. The lowest BCUT2D eigenvalue weighted by atomic mass is 10.1. The highest BCUT2D eigenvalue weighted by atomic mass is 32.1. The molecule has 7 heteroatoms. The zero-order valence-corrected chi connectivity index (χ0v) is 10.7. The Balaban J connectivity index is 2.48. The first-order valence-corrected chi connectivity index (χ1v) is 6.12. The number of thiazole rings is 1. The molecule has 0 saturated carbocycles. The molecule has 2 aromatic rings. The van der Waals surface area contributed by atoms with Crippen LogP contribution in [0.1, 0.15) is 29.4 Å². The SMILES string of the molecule is CC(=O)CC(=O)c1c(C)[nH]n(-c2nccs2)c1=O. The summed E-state index contributed by atoms with van der Waals surface area (Å²) in [7, 11) is 0. The first kappa shape index (κ1) is 12.4. The molecule has 94 valence electrons. The third-order valence-corrected chi connectivity index (χ3v) is 3.13. The Kier molecular flexibility index (Phi) is 3.24. The van der Waals surface area contributed by atoms with Crippen LogP contribution in [0.15, 0.2) is 16.4 Å². The molecule has 1 N–H and O–H groups in total. The molecule has 2 heterocycles. The third kappa shape index (κ3) is 2.17. The summed E-state index contributed by atoms with van der Waals surface area (Å²) in [6.07, 6.45) is 1.31. The van der Waals surface area contributed by atoms with Gasteiger partial charge in [-0.1, -0.05) is 0 Å². The van der Waals surface area contributed by atoms with Crippen LogP contribution in [0.4, 0.5) is 0 Å². The molecular weight excluding hydrogens is 254 g/mol. The standard InChI is InChI=1S/C11H11N3O3S/c1-6(15)5-8(16)9-7(2)13-14(10(9)17)11-12-3-4-18-11/h3-4,13H,5H2,1-2H3. The van der Waals surface area contributed by atoms with E-state index in [1.54, 1.807) is 18.5 Å². The first-order chi connectivity index (χ1) is 8.50. The Bertz CT molecular complexity index is 652. The van der Waals surface area contributed by atoms with Crippen LogP contribution in [0.3, 0.4) is 0 Å². The van der Waals surface area contributed by atoms with Crippen LogP contribution in [-0.2, 0) is 4.79 Å². The molecule has 0 atom stereocenters. The van der Waals surface area contributed by atoms with Crippen molar-refractivity contribution >= 4 is 22.9 Å². The number of H-pyrrole nitrogens is 1. The molecule has 18 heavy (non-hydrogen) atoms. The Morgan fingerprint density at radius 1 is 1.50 bits per heavy atom. The highest BCUT2D eigenvalue weighted by Crippen LogP contribution is 2.11. The average Bonchev–Trinajstić information content (AvgIpc) is 2.85. The maximum Gasteiger partial charge on any atom is 0.284 e. The maximum atomic E-state index is 12.1. The number of aromatic nitrogens is 3. The van der Waals surface area contributed by atoms with Crippen molar-refractivity contribution in [3.05, 3.63) is 33.2 Å². The zero-order valence-electron chi connectivity index (χ0n) is 9.89. The number of hydrogen-bond donors (Lipinski definition) is 1. The van der Waals surface area contributed by atoms with Crippen molar-refractivity contribution in [1.29, 1.82) is 0 Å². The normalized spacial score (nSPS) is 10.6. The highest BCUT2D eigenvalue weighted by Gasteiger charge is 2.20. The largest absolute Gasteiger partial charge is 0.300 e. The van der Waals surface area contributed by atoms with Gasteiger partial charge in [0.25, 0.3) is 5.56 Å². The molecule has 0 saturated heterocycles. The number of carbonyl (C=O) groups excluding carboxylic acids is 2. The van der Waals surface area contributed by atoms with Crippen LogP contribution in [0.25, 0.3) is 5.13 Å². The number of ketones is 2. The van der Waals surface area contributed by atoms with Crippen LogP contribution >= 0.6 is 11.3 Å². The van der Waals surface area contributed by atoms with Gasteiger partial charge in [-0.3, -0.25) is 19.5 Å². The summed E-state index contributed by atoms with van der Waals surface area (Å²) in [5.41, 5.74) is 0.00977. The van der Waals surface area contributed by atoms with Crippen molar-refractivity contribution in [2.24, 2.45) is 0 Å². The van der Waals surface area contributed by atoms with Crippen molar-refractivity contribution in [1.82, 2.24) is 14.8 Å². The van der Waals surface area contributed by atoms with Gasteiger partial charge in [-0.05, 0) is 13.8 Å². The van der Waals surface area contributed by atoms with Crippen molar-refractivity contribution in [2.75, 3.05) is 0 Å². The second kappa shape index (κ2) is 4.69. The van der Waals surface area contributed by atoms with Crippen LogP contribution < -0.4 is 5.56 Å². The topological polar surface area (TPSA) is 84.8 Å². The van der Waals surface area contributed by atoms with Gasteiger partial charge in [0.2, 0.25) is 5.13 Å². The lowest BCUT2D eigenvalue weighted by Crippen LogP contribution is -2.21. The molecule has 2 rings (SSSR count). The molecule has 0 fully saturated rings. The molecular formula is C11H11N3O3S. The van der Waals surface area contributed by atoms with Gasteiger partial charge in [0.15, 0.2) is 5.78 Å². The first-order valence-electron chi connectivity index (χ1n) is 5.25. The molecule has 0 aliphatic rings. The van der Waals surface area contributed by atoms with E-state index < -0.39 is 11.3 Å². The van der Waals surface area contributed by atoms with E-state index in [0.717, 1.165) is 0 Å². The summed E-state index contributed by atoms with van der Waals surface area (Å²) in [5, 5.41) is 4.98. The fourth-order valence-electron chi connectivity index (χ4n) is 1.65. The molecule has 0 aromatic carbocycles. The van der Waals surface area contributed by atoms with Crippen molar-refractivity contribution in [3.63, 3.8) is 0 Å². The van der Waals surface area contributed by atoms with Crippen LogP contribution in [0.5, 0.6) is 0 Å². The van der Waals surface area contributed by atoms with Crippen molar-refractivity contribution in [3.8, 4) is 5.13 Å². The van der Waals surface area contributed by atoms with Crippen molar-refractivity contribution in [2.45, 2.75) is 20.3 Å². The fourth-order valence-corrected chi connectivity index (χ4v) is 2.25. The fraction of sp³-hybridized carbons (Fsp3) is 0.273. The molecule has 0 aliphatic heterocycles. The van der Waals surface area contributed by atoms with Crippen LogP contribution in [-0.4, -0.2) is 26.3 Å². The summed E-state index contributed by atoms with van der Waals surface area (Å²) in [4.78, 5) is 38.8. The Morgan fingerprint density at radius 3 is 2.78 bits per heavy atom. The Hall–Kier alpha value is -2.02. The van der Waals surface area contributed by atoms with E-state index in [1.165, 1.54) is 22.9 Å². The molecule has 0 aliphatic carbocycles. The maximum absolute atomic E-state index is 12.1. The Labute approximate surface area is 106 Å². The quantitative estimate of drug-likeness (QED) is 0.662.